The third-order valence-electron chi connectivity index (χ3n) is 9.10. The zero-order valence-electron chi connectivity index (χ0n) is 24.2. The molecule has 3 fully saturated rings. The summed E-state index contributed by atoms with van der Waals surface area (Å²) in [6.07, 6.45) is 6.20. The van der Waals surface area contributed by atoms with Crippen molar-refractivity contribution in [1.82, 2.24) is 20.9 Å². The smallest absolute Gasteiger partial charge is 0.397 e. The van der Waals surface area contributed by atoms with E-state index in [0.29, 0.717) is 31.8 Å². The number of nitrogens with one attached hydrogen (secondary N) is 3. The van der Waals surface area contributed by atoms with Crippen LogP contribution in [0.1, 0.15) is 62.5 Å². The van der Waals surface area contributed by atoms with Crippen LogP contribution in [-0.4, -0.2) is 61.0 Å². The third-order valence-corrected chi connectivity index (χ3v) is 9.76. The van der Waals surface area contributed by atoms with Gasteiger partial charge in [-0.3, -0.25) is 4.79 Å². The van der Waals surface area contributed by atoms with Crippen molar-refractivity contribution in [3.63, 3.8) is 0 Å². The Hall–Kier alpha value is -2.80. The fraction of sp³-hybridized carbons (Fsp3) is 0.633. The first-order valence-corrected chi connectivity index (χ1v) is 15.9. The fourth-order valence-corrected chi connectivity index (χ4v) is 7.13. The van der Waals surface area contributed by atoms with Gasteiger partial charge in [-0.15, -0.1) is 0 Å². The van der Waals surface area contributed by atoms with Crippen LogP contribution in [0.5, 0.6) is 0 Å². The molecular formula is C30H42BrF3N6O3. The minimum Gasteiger partial charge on any atom is -0.397 e. The number of carbonyl (C=O) groups excluding carboxylic acids is 3. The van der Waals surface area contributed by atoms with Gasteiger partial charge in [0.25, 0.3) is 0 Å². The molecule has 1 saturated carbocycles. The lowest BCUT2D eigenvalue weighted by atomic mass is 9.73. The summed E-state index contributed by atoms with van der Waals surface area (Å²) in [5.41, 5.74) is 9.66. The molecule has 1 atom stereocenters. The fourth-order valence-electron chi connectivity index (χ4n) is 6.62. The number of hydrogen-bond acceptors (Lipinski definition) is 5. The Bertz CT molecular complexity index is 1170. The largest absolute Gasteiger partial charge is 0.418 e. The molecular weight excluding hydrogens is 629 g/mol. The molecule has 0 aromatic heterocycles. The monoisotopic (exact) mass is 670 g/mol. The summed E-state index contributed by atoms with van der Waals surface area (Å²) in [5, 5.41) is 8.81. The molecule has 4 amide bonds. The normalized spacial score (nSPS) is 23.2. The highest BCUT2D eigenvalue weighted by atomic mass is 79.9. The van der Waals surface area contributed by atoms with E-state index in [4.69, 9.17) is 11.5 Å². The molecule has 0 unspecified atom stereocenters. The van der Waals surface area contributed by atoms with Crippen molar-refractivity contribution in [1.29, 1.82) is 0 Å². The number of rotatable bonds is 8. The predicted octanol–water partition coefficient (Wildman–Crippen LogP) is 4.73. The summed E-state index contributed by atoms with van der Waals surface area (Å²) >= 11 is 3.11. The van der Waals surface area contributed by atoms with Gasteiger partial charge in [-0.1, -0.05) is 6.08 Å². The zero-order valence-corrected chi connectivity index (χ0v) is 25.8. The number of hydrogen-bond donors (Lipinski definition) is 5. The van der Waals surface area contributed by atoms with Crippen molar-refractivity contribution in [2.45, 2.75) is 76.0 Å². The van der Waals surface area contributed by atoms with Crippen LogP contribution >= 0.6 is 15.9 Å². The van der Waals surface area contributed by atoms with E-state index >= 15 is 0 Å². The van der Waals surface area contributed by atoms with Crippen LogP contribution in [0.15, 0.2) is 28.8 Å². The van der Waals surface area contributed by atoms with Crippen molar-refractivity contribution in [2.75, 3.05) is 31.9 Å². The van der Waals surface area contributed by atoms with Gasteiger partial charge in [0.15, 0.2) is 5.78 Å². The van der Waals surface area contributed by atoms with Gasteiger partial charge in [-0.25, -0.2) is 9.59 Å². The molecule has 0 bridgehead atoms. The summed E-state index contributed by atoms with van der Waals surface area (Å²) in [6.45, 7) is 2.81. The van der Waals surface area contributed by atoms with Crippen LogP contribution < -0.4 is 27.4 Å². The number of urea groups is 2. The summed E-state index contributed by atoms with van der Waals surface area (Å²) in [4.78, 5) is 39.4. The number of nitrogens with zero attached hydrogens (tertiary/aromatic N) is 1. The van der Waals surface area contributed by atoms with Gasteiger partial charge in [0.1, 0.15) is 0 Å². The van der Waals surface area contributed by atoms with Gasteiger partial charge in [0.05, 0.1) is 17.3 Å². The topological polar surface area (TPSA) is 143 Å². The molecule has 3 aliphatic rings. The standard InChI is InChI=1S/C30H42BrF3N6O3/c31-24-16-19(15-23(27(24)35)30(32,33)34)17-25(39-29(43)40-13-9-22(10-14-40)38-28(36)42)26(41)6-3-18-1-4-20(5-2-18)21-7-11-37-12-8-21/h3,6,15-16,18,20-22,25,37H,1-2,4-5,7-14,17,35H2,(H,39,43)(H3,36,38,42)/b6-3+/t18?,20?,25-/m1/s1. The number of benzene rings is 1. The number of piperidine rings is 2. The van der Waals surface area contributed by atoms with Crippen molar-refractivity contribution < 1.29 is 27.6 Å². The Morgan fingerprint density at radius 1 is 1.02 bits per heavy atom. The van der Waals surface area contributed by atoms with Crippen LogP contribution in [0.2, 0.25) is 0 Å². The number of halogens is 4. The number of ketones is 1. The first-order chi connectivity index (χ1) is 20.4. The molecule has 2 saturated heterocycles. The SMILES string of the molecule is NC(=O)NC1CCN(C(=O)N[C@H](Cc2cc(Br)c(N)c(C(F)(F)F)c2)C(=O)/C=C/C2CCC(C3CCNCC3)CC2)CC1. The van der Waals surface area contributed by atoms with Crippen molar-refractivity contribution in [3.05, 3.63) is 39.9 Å². The number of nitrogens with two attached hydrogens (primary N) is 2. The van der Waals surface area contributed by atoms with E-state index in [0.717, 1.165) is 50.8 Å². The van der Waals surface area contributed by atoms with E-state index in [9.17, 15) is 27.6 Å². The molecule has 43 heavy (non-hydrogen) atoms. The lowest BCUT2D eigenvalue weighted by Gasteiger charge is -2.35. The van der Waals surface area contributed by atoms with Gasteiger partial charge < -0.3 is 32.3 Å². The molecule has 0 radical (unpaired) electrons. The maximum atomic E-state index is 13.6. The Morgan fingerprint density at radius 2 is 1.65 bits per heavy atom. The molecule has 7 N–H and O–H groups in total. The second kappa shape index (κ2) is 14.8. The average Bonchev–Trinajstić information content (AvgIpc) is 2.97. The number of anilines is 1. The van der Waals surface area contributed by atoms with E-state index in [1.165, 1.54) is 29.9 Å². The van der Waals surface area contributed by atoms with E-state index in [1.54, 1.807) is 0 Å². The number of allylic oxidation sites excluding steroid dienone is 1. The molecule has 1 aromatic carbocycles. The van der Waals surface area contributed by atoms with E-state index in [-0.39, 0.29) is 34.2 Å². The van der Waals surface area contributed by atoms with Gasteiger partial charge in [-0.2, -0.15) is 13.2 Å². The van der Waals surface area contributed by atoms with Crippen LogP contribution in [0, 0.1) is 17.8 Å². The van der Waals surface area contributed by atoms with E-state index in [2.05, 4.69) is 31.9 Å². The Balaban J connectivity index is 1.44. The van der Waals surface area contributed by atoms with Crippen molar-refractivity contribution in [2.24, 2.45) is 23.5 Å². The van der Waals surface area contributed by atoms with Crippen LogP contribution in [0.25, 0.3) is 0 Å². The molecule has 4 rings (SSSR count). The highest BCUT2D eigenvalue weighted by molar-refractivity contribution is 9.10. The van der Waals surface area contributed by atoms with Crippen LogP contribution in [0.3, 0.4) is 0 Å². The molecule has 238 valence electrons. The molecule has 1 aliphatic carbocycles. The molecule has 2 aliphatic heterocycles. The predicted molar refractivity (Wildman–Crippen MR) is 162 cm³/mol. The number of primary amides is 1. The lowest BCUT2D eigenvalue weighted by Crippen LogP contribution is -2.53. The minimum absolute atomic E-state index is 0.0694. The van der Waals surface area contributed by atoms with Crippen LogP contribution in [0.4, 0.5) is 28.4 Å². The molecule has 0 spiro atoms. The van der Waals surface area contributed by atoms with E-state index in [1.807, 2.05) is 6.08 Å². The first kappa shape index (κ1) is 33.1. The van der Waals surface area contributed by atoms with Gasteiger partial charge >= 0.3 is 18.2 Å². The highest BCUT2D eigenvalue weighted by Gasteiger charge is 2.35. The van der Waals surface area contributed by atoms with Crippen molar-refractivity contribution >= 4 is 39.5 Å². The number of alkyl halides is 3. The number of likely N-dealkylation sites (tertiary alicyclic amines) is 1. The summed E-state index contributed by atoms with van der Waals surface area (Å²) in [6, 6.07) is 0.0289. The molecule has 1 aromatic rings. The Kier molecular flexibility index (Phi) is 11.4. The second-order valence-corrected chi connectivity index (χ2v) is 12.9. The number of nitrogen functional groups attached to an aromatic ring is 1. The summed E-state index contributed by atoms with van der Waals surface area (Å²) in [7, 11) is 0. The van der Waals surface area contributed by atoms with Crippen molar-refractivity contribution in [3.8, 4) is 0 Å². The van der Waals surface area contributed by atoms with Crippen LogP contribution in [-0.2, 0) is 17.4 Å². The summed E-state index contributed by atoms with van der Waals surface area (Å²) in [5.74, 6) is 1.34. The number of carbonyl (C=O) groups is 3. The highest BCUT2D eigenvalue weighted by Crippen LogP contribution is 2.39. The second-order valence-electron chi connectivity index (χ2n) is 12.0. The maximum absolute atomic E-state index is 13.6. The van der Waals surface area contributed by atoms with Gasteiger partial charge in [0.2, 0.25) is 0 Å². The van der Waals surface area contributed by atoms with Gasteiger partial charge in [0, 0.05) is 30.0 Å². The summed E-state index contributed by atoms with van der Waals surface area (Å²) < 4.78 is 41.0. The maximum Gasteiger partial charge on any atom is 0.418 e. The third kappa shape index (κ3) is 9.34. The zero-order chi connectivity index (χ0) is 31.1. The lowest BCUT2D eigenvalue weighted by molar-refractivity contribution is -0.137. The molecule has 2 heterocycles. The average molecular weight is 672 g/mol. The van der Waals surface area contributed by atoms with E-state index < -0.39 is 35.5 Å². The quantitative estimate of drug-likeness (QED) is 0.201. The Labute approximate surface area is 258 Å². The molecule has 13 heteroatoms. The molecule has 9 nitrogen and oxygen atoms in total. The van der Waals surface area contributed by atoms with Gasteiger partial charge in [-0.05, 0) is 122 Å². The number of amides is 4. The first-order valence-electron chi connectivity index (χ1n) is 15.1. The minimum atomic E-state index is -4.68. The Morgan fingerprint density at radius 3 is 2.26 bits per heavy atom.